The van der Waals surface area contributed by atoms with Crippen molar-refractivity contribution in [3.8, 4) is 0 Å². The van der Waals surface area contributed by atoms with Crippen molar-refractivity contribution in [1.29, 1.82) is 0 Å². The molecule has 0 saturated carbocycles. The van der Waals surface area contributed by atoms with E-state index in [1.807, 2.05) is 7.05 Å². The minimum atomic E-state index is 0. The van der Waals surface area contributed by atoms with Crippen LogP contribution in [-0.4, -0.2) is 39.4 Å². The van der Waals surface area contributed by atoms with Gasteiger partial charge in [-0.25, -0.2) is 0 Å². The lowest BCUT2D eigenvalue weighted by molar-refractivity contribution is 0.0736. The number of hydrogen-bond acceptors (Lipinski definition) is 3. The molecule has 1 aliphatic rings. The summed E-state index contributed by atoms with van der Waals surface area (Å²) in [5.41, 5.74) is 0. The summed E-state index contributed by atoms with van der Waals surface area (Å²) in [4.78, 5) is 0. The van der Waals surface area contributed by atoms with Gasteiger partial charge in [0.1, 0.15) is 0 Å². The molecule has 0 aliphatic carbocycles. The summed E-state index contributed by atoms with van der Waals surface area (Å²) < 4.78 is 5.33. The van der Waals surface area contributed by atoms with Crippen LogP contribution in [0, 0.1) is 0 Å². The van der Waals surface area contributed by atoms with E-state index in [2.05, 4.69) is 10.6 Å². The third-order valence-corrected chi connectivity index (χ3v) is 1.98. The van der Waals surface area contributed by atoms with Crippen molar-refractivity contribution in [3.05, 3.63) is 0 Å². The van der Waals surface area contributed by atoms with Gasteiger partial charge in [-0.15, -0.1) is 12.4 Å². The molecule has 4 heteroatoms. The van der Waals surface area contributed by atoms with Gasteiger partial charge in [-0.2, -0.15) is 0 Å². The second kappa shape index (κ2) is 7.80. The second-order valence-electron chi connectivity index (χ2n) is 2.97. The molecule has 0 radical (unpaired) electrons. The normalized spacial score (nSPS) is 23.2. The van der Waals surface area contributed by atoms with E-state index < -0.39 is 0 Å². The predicted octanol–water partition coefficient (Wildman–Crippen LogP) is 0.396. The maximum Gasteiger partial charge on any atom is 0.0620 e. The first-order valence-electron chi connectivity index (χ1n) is 4.39. The SMILES string of the molecule is CNCCCC1COCCN1.Cl. The molecule has 0 aromatic heterocycles. The molecule has 1 heterocycles. The van der Waals surface area contributed by atoms with Crippen LogP contribution in [0.5, 0.6) is 0 Å². The van der Waals surface area contributed by atoms with Crippen molar-refractivity contribution < 1.29 is 4.74 Å². The Morgan fingerprint density at radius 1 is 1.58 bits per heavy atom. The van der Waals surface area contributed by atoms with Crippen LogP contribution in [0.3, 0.4) is 0 Å². The monoisotopic (exact) mass is 194 g/mol. The molecule has 0 spiro atoms. The van der Waals surface area contributed by atoms with E-state index in [0.29, 0.717) is 6.04 Å². The van der Waals surface area contributed by atoms with E-state index >= 15 is 0 Å². The standard InChI is InChI=1S/C8H18N2O.ClH/c1-9-4-2-3-8-7-11-6-5-10-8;/h8-10H,2-7H2,1H3;1H. The molecular formula is C8H19ClN2O. The highest BCUT2D eigenvalue weighted by atomic mass is 35.5. The highest BCUT2D eigenvalue weighted by Gasteiger charge is 2.11. The van der Waals surface area contributed by atoms with Crippen LogP contribution in [0.15, 0.2) is 0 Å². The van der Waals surface area contributed by atoms with Crippen molar-refractivity contribution >= 4 is 12.4 Å². The molecule has 1 saturated heterocycles. The first-order chi connectivity index (χ1) is 5.43. The van der Waals surface area contributed by atoms with Crippen LogP contribution in [0.4, 0.5) is 0 Å². The fourth-order valence-corrected chi connectivity index (χ4v) is 1.33. The highest BCUT2D eigenvalue weighted by molar-refractivity contribution is 5.85. The van der Waals surface area contributed by atoms with E-state index in [4.69, 9.17) is 4.74 Å². The average molecular weight is 195 g/mol. The Kier molecular flexibility index (Phi) is 7.91. The van der Waals surface area contributed by atoms with Gasteiger partial charge in [0.05, 0.1) is 13.2 Å². The van der Waals surface area contributed by atoms with Crippen molar-refractivity contribution in [2.75, 3.05) is 33.4 Å². The van der Waals surface area contributed by atoms with E-state index in [1.165, 1.54) is 12.8 Å². The van der Waals surface area contributed by atoms with E-state index in [1.54, 1.807) is 0 Å². The van der Waals surface area contributed by atoms with Crippen LogP contribution in [0.2, 0.25) is 0 Å². The molecule has 2 N–H and O–H groups in total. The Bertz CT molecular complexity index is 97.1. The van der Waals surface area contributed by atoms with Crippen molar-refractivity contribution in [1.82, 2.24) is 10.6 Å². The van der Waals surface area contributed by atoms with Gasteiger partial charge in [0, 0.05) is 12.6 Å². The summed E-state index contributed by atoms with van der Waals surface area (Å²) in [5, 5.41) is 6.56. The third-order valence-electron chi connectivity index (χ3n) is 1.98. The fraction of sp³-hybridized carbons (Fsp3) is 1.00. The lowest BCUT2D eigenvalue weighted by atomic mass is 10.1. The van der Waals surface area contributed by atoms with Crippen molar-refractivity contribution in [3.63, 3.8) is 0 Å². The molecule has 0 aromatic rings. The number of nitrogens with one attached hydrogen (secondary N) is 2. The molecule has 12 heavy (non-hydrogen) atoms. The zero-order valence-electron chi connectivity index (χ0n) is 7.64. The molecule has 0 bridgehead atoms. The second-order valence-corrected chi connectivity index (χ2v) is 2.97. The summed E-state index contributed by atoms with van der Waals surface area (Å²) in [7, 11) is 1.99. The summed E-state index contributed by atoms with van der Waals surface area (Å²) in [6.45, 7) is 3.90. The van der Waals surface area contributed by atoms with E-state index in [9.17, 15) is 0 Å². The zero-order valence-corrected chi connectivity index (χ0v) is 8.45. The Hall–Kier alpha value is 0.170. The Morgan fingerprint density at radius 3 is 3.00 bits per heavy atom. The molecule has 1 atom stereocenters. The number of ether oxygens (including phenoxy) is 1. The lowest BCUT2D eigenvalue weighted by Crippen LogP contribution is -2.41. The number of hydrogen-bond donors (Lipinski definition) is 2. The Labute approximate surface area is 80.7 Å². The van der Waals surface area contributed by atoms with E-state index in [-0.39, 0.29) is 12.4 Å². The molecule has 1 rings (SSSR count). The van der Waals surface area contributed by atoms with Crippen LogP contribution in [0.1, 0.15) is 12.8 Å². The minimum Gasteiger partial charge on any atom is -0.379 e. The highest BCUT2D eigenvalue weighted by Crippen LogP contribution is 2.00. The van der Waals surface area contributed by atoms with Crippen molar-refractivity contribution in [2.45, 2.75) is 18.9 Å². The van der Waals surface area contributed by atoms with Crippen LogP contribution < -0.4 is 10.6 Å². The number of rotatable bonds is 4. The molecule has 0 amide bonds. The van der Waals surface area contributed by atoms with Gasteiger partial charge < -0.3 is 15.4 Å². The molecule has 3 nitrogen and oxygen atoms in total. The predicted molar refractivity (Wildman–Crippen MR) is 53.0 cm³/mol. The number of halogens is 1. The molecule has 1 unspecified atom stereocenters. The maximum absolute atomic E-state index is 5.33. The summed E-state index contributed by atoms with van der Waals surface area (Å²) >= 11 is 0. The molecule has 74 valence electrons. The molecule has 1 fully saturated rings. The van der Waals surface area contributed by atoms with Crippen LogP contribution >= 0.6 is 12.4 Å². The van der Waals surface area contributed by atoms with E-state index in [0.717, 1.165) is 26.3 Å². The van der Waals surface area contributed by atoms with Crippen LogP contribution in [-0.2, 0) is 4.74 Å². The average Bonchev–Trinajstić information content (AvgIpc) is 2.07. The van der Waals surface area contributed by atoms with Crippen LogP contribution in [0.25, 0.3) is 0 Å². The summed E-state index contributed by atoms with van der Waals surface area (Å²) in [5.74, 6) is 0. The zero-order chi connectivity index (χ0) is 7.94. The number of morpholine rings is 1. The van der Waals surface area contributed by atoms with Crippen molar-refractivity contribution in [2.24, 2.45) is 0 Å². The Balaban J connectivity index is 0.00000121. The van der Waals surface area contributed by atoms with Gasteiger partial charge in [-0.05, 0) is 26.4 Å². The lowest BCUT2D eigenvalue weighted by Gasteiger charge is -2.23. The van der Waals surface area contributed by atoms with Gasteiger partial charge in [0.25, 0.3) is 0 Å². The maximum atomic E-state index is 5.33. The van der Waals surface area contributed by atoms with Gasteiger partial charge in [-0.1, -0.05) is 0 Å². The van der Waals surface area contributed by atoms with Gasteiger partial charge in [0.15, 0.2) is 0 Å². The molecular weight excluding hydrogens is 176 g/mol. The molecule has 1 aliphatic heterocycles. The van der Waals surface area contributed by atoms with Gasteiger partial charge in [0.2, 0.25) is 0 Å². The first-order valence-corrected chi connectivity index (χ1v) is 4.39. The largest absolute Gasteiger partial charge is 0.379 e. The summed E-state index contributed by atoms with van der Waals surface area (Å²) in [6.07, 6.45) is 2.46. The topological polar surface area (TPSA) is 33.3 Å². The van der Waals surface area contributed by atoms with Gasteiger partial charge >= 0.3 is 0 Å². The fourth-order valence-electron chi connectivity index (χ4n) is 1.33. The quantitative estimate of drug-likeness (QED) is 0.636. The third kappa shape index (κ3) is 4.93. The molecule has 0 aromatic carbocycles. The summed E-state index contributed by atoms with van der Waals surface area (Å²) in [6, 6.07) is 0.595. The minimum absolute atomic E-state index is 0. The van der Waals surface area contributed by atoms with Gasteiger partial charge in [-0.3, -0.25) is 0 Å². The smallest absolute Gasteiger partial charge is 0.0620 e. The first kappa shape index (κ1) is 12.2. The Morgan fingerprint density at radius 2 is 2.42 bits per heavy atom.